The molecule has 1 atom stereocenters. The van der Waals surface area contributed by atoms with Gasteiger partial charge in [-0.25, -0.2) is 9.18 Å². The van der Waals surface area contributed by atoms with Gasteiger partial charge in [-0.15, -0.1) is 0 Å². The average Bonchev–Trinajstić information content (AvgIpc) is 3.00. The Hall–Kier alpha value is -5.03. The van der Waals surface area contributed by atoms with Crippen molar-refractivity contribution in [2.45, 2.75) is 39.3 Å². The number of anilines is 1. The van der Waals surface area contributed by atoms with E-state index in [2.05, 4.69) is 20.9 Å². The van der Waals surface area contributed by atoms with Crippen molar-refractivity contribution < 1.29 is 18.7 Å². The molecule has 1 aromatic heterocycles. The molecule has 2 heterocycles. The predicted molar refractivity (Wildman–Crippen MR) is 166 cm³/mol. The number of rotatable bonds is 8. The first kappa shape index (κ1) is 30.4. The Kier molecular flexibility index (Phi) is 8.77. The number of nitrogens with one attached hydrogen (secondary N) is 4. The van der Waals surface area contributed by atoms with Gasteiger partial charge >= 0.3 is 5.69 Å². The maximum absolute atomic E-state index is 15.5. The summed E-state index contributed by atoms with van der Waals surface area (Å²) in [6.45, 7) is 4.64. The number of hydrogen-bond acceptors (Lipinski definition) is 6. The fourth-order valence-corrected chi connectivity index (χ4v) is 5.55. The second kappa shape index (κ2) is 12.7. The molecule has 0 spiro atoms. The number of amides is 2. The summed E-state index contributed by atoms with van der Waals surface area (Å²) in [5, 5.41) is 8.87. The first-order valence-electron chi connectivity index (χ1n) is 14.3. The van der Waals surface area contributed by atoms with Crippen LogP contribution in [-0.4, -0.2) is 41.1 Å². The quantitative estimate of drug-likeness (QED) is 0.244. The third kappa shape index (κ3) is 6.04. The Morgan fingerprint density at radius 3 is 2.48 bits per heavy atom. The molecule has 11 heteroatoms. The summed E-state index contributed by atoms with van der Waals surface area (Å²) < 4.78 is 22.0. The number of carbonyl (C=O) groups is 2. The topological polar surface area (TPSA) is 134 Å². The summed E-state index contributed by atoms with van der Waals surface area (Å²) in [5.74, 6) is -0.663. The van der Waals surface area contributed by atoms with Gasteiger partial charge in [-0.2, -0.15) is 0 Å². The summed E-state index contributed by atoms with van der Waals surface area (Å²) >= 11 is 0. The van der Waals surface area contributed by atoms with Crippen LogP contribution < -0.4 is 31.9 Å². The molecular formula is C33H34FN5O5. The van der Waals surface area contributed by atoms with Crippen LogP contribution in [0.1, 0.15) is 39.9 Å². The molecule has 4 N–H and O–H groups in total. The fourth-order valence-electron chi connectivity index (χ4n) is 5.55. The summed E-state index contributed by atoms with van der Waals surface area (Å²) in [7, 11) is 2.80. The molecule has 1 aliphatic rings. The van der Waals surface area contributed by atoms with E-state index < -0.39 is 23.0 Å². The lowest BCUT2D eigenvalue weighted by Gasteiger charge is -2.24. The highest BCUT2D eigenvalue weighted by molar-refractivity contribution is 6.04. The average molecular weight is 600 g/mol. The van der Waals surface area contributed by atoms with E-state index in [1.807, 2.05) is 44.2 Å². The number of halogens is 1. The van der Waals surface area contributed by atoms with E-state index in [-0.39, 0.29) is 24.1 Å². The zero-order valence-electron chi connectivity index (χ0n) is 25.0. The minimum Gasteiger partial charge on any atom is -0.496 e. The Bertz CT molecular complexity index is 1880. The van der Waals surface area contributed by atoms with Gasteiger partial charge in [0.1, 0.15) is 17.1 Å². The molecule has 0 aliphatic carbocycles. The van der Waals surface area contributed by atoms with Crippen molar-refractivity contribution in [3.8, 4) is 28.0 Å². The second-order valence-corrected chi connectivity index (χ2v) is 10.8. The van der Waals surface area contributed by atoms with Gasteiger partial charge < -0.3 is 25.7 Å². The lowest BCUT2D eigenvalue weighted by molar-refractivity contribution is -0.122. The maximum Gasteiger partial charge on any atom is 0.328 e. The fraction of sp³-hybridized carbons (Fsp3) is 0.273. The Balaban J connectivity index is 1.44. The van der Waals surface area contributed by atoms with Crippen molar-refractivity contribution in [1.29, 1.82) is 0 Å². The van der Waals surface area contributed by atoms with Gasteiger partial charge in [0.2, 0.25) is 5.91 Å². The van der Waals surface area contributed by atoms with Crippen molar-refractivity contribution in [3.63, 3.8) is 0 Å². The predicted octanol–water partition coefficient (Wildman–Crippen LogP) is 3.79. The number of benzene rings is 3. The molecule has 5 rings (SSSR count). The van der Waals surface area contributed by atoms with Crippen molar-refractivity contribution in [3.05, 3.63) is 104 Å². The smallest absolute Gasteiger partial charge is 0.328 e. The number of methoxy groups -OCH3 is 1. The molecule has 0 saturated carbocycles. The van der Waals surface area contributed by atoms with Gasteiger partial charge in [0.15, 0.2) is 0 Å². The van der Waals surface area contributed by atoms with Crippen molar-refractivity contribution in [1.82, 2.24) is 20.2 Å². The Labute approximate surface area is 253 Å². The van der Waals surface area contributed by atoms with Crippen LogP contribution in [0, 0.1) is 19.7 Å². The van der Waals surface area contributed by atoms with Crippen molar-refractivity contribution in [2.75, 3.05) is 19.0 Å². The van der Waals surface area contributed by atoms with Gasteiger partial charge in [0, 0.05) is 50.0 Å². The molecule has 4 aromatic rings. The van der Waals surface area contributed by atoms with Crippen molar-refractivity contribution >= 4 is 17.5 Å². The number of aromatic nitrogens is 2. The summed E-state index contributed by atoms with van der Waals surface area (Å²) in [5.41, 5.74) is 4.26. The molecule has 3 aromatic carbocycles. The van der Waals surface area contributed by atoms with Crippen LogP contribution in [0.4, 0.5) is 10.1 Å². The normalized spacial score (nSPS) is 14.7. The number of hydrogen-bond donors (Lipinski definition) is 4. The minimum absolute atomic E-state index is 0.0189. The third-order valence-corrected chi connectivity index (χ3v) is 8.13. The Morgan fingerprint density at radius 2 is 1.75 bits per heavy atom. The number of carbonyl (C=O) groups excluding carboxylic acids is 2. The van der Waals surface area contributed by atoms with Gasteiger partial charge in [-0.05, 0) is 71.8 Å². The van der Waals surface area contributed by atoms with Crippen LogP contribution in [0.5, 0.6) is 5.75 Å². The van der Waals surface area contributed by atoms with Gasteiger partial charge in [-0.3, -0.25) is 19.0 Å². The number of ether oxygens (including phenoxy) is 1. The number of nitrogens with zero attached hydrogens (tertiary/aromatic N) is 1. The molecule has 228 valence electrons. The molecule has 1 aliphatic heterocycles. The van der Waals surface area contributed by atoms with Crippen molar-refractivity contribution in [2.24, 2.45) is 7.05 Å². The standard InChI is InChI=1S/C33H34FN5O5/c1-18-22(20-13-27(34)25(29(14-20)44-4)16-36-21-11-12-35-30(40)15-21)7-5-8-23(18)24-9-6-10-28(19(24)2)38-31(41)26-17-37-33(43)39(3)32(26)42/h5-10,13-14,17,21,36H,11-12,15-16H2,1-4H3,(H,35,40)(H,37,43)(H,38,41). The van der Waals surface area contributed by atoms with E-state index in [1.165, 1.54) is 20.2 Å². The zero-order valence-corrected chi connectivity index (χ0v) is 25.0. The van der Waals surface area contributed by atoms with Gasteiger partial charge in [0.25, 0.3) is 11.5 Å². The minimum atomic E-state index is -0.700. The zero-order chi connectivity index (χ0) is 31.5. The first-order chi connectivity index (χ1) is 21.1. The highest BCUT2D eigenvalue weighted by Gasteiger charge is 2.21. The van der Waals surface area contributed by atoms with Crippen LogP contribution in [0.3, 0.4) is 0 Å². The first-order valence-corrected chi connectivity index (χ1v) is 14.3. The van der Waals surface area contributed by atoms with Crippen LogP contribution in [0.25, 0.3) is 22.3 Å². The van der Waals surface area contributed by atoms with Crippen LogP contribution in [-0.2, 0) is 18.4 Å². The van der Waals surface area contributed by atoms with E-state index in [4.69, 9.17) is 4.74 Å². The molecule has 2 amide bonds. The number of H-pyrrole nitrogens is 1. The highest BCUT2D eigenvalue weighted by Crippen LogP contribution is 2.37. The third-order valence-electron chi connectivity index (χ3n) is 8.13. The molecule has 10 nitrogen and oxygen atoms in total. The molecular weight excluding hydrogens is 565 g/mol. The monoisotopic (exact) mass is 599 g/mol. The molecule has 44 heavy (non-hydrogen) atoms. The summed E-state index contributed by atoms with van der Waals surface area (Å²) in [6.07, 6.45) is 2.23. The van der Waals surface area contributed by atoms with Gasteiger partial charge in [0.05, 0.1) is 7.11 Å². The summed E-state index contributed by atoms with van der Waals surface area (Å²) in [6, 6.07) is 14.5. The molecule has 0 bridgehead atoms. The second-order valence-electron chi connectivity index (χ2n) is 10.8. The molecule has 1 unspecified atom stereocenters. The number of piperidine rings is 1. The number of aromatic amines is 1. The van der Waals surface area contributed by atoms with Gasteiger partial charge in [-0.1, -0.05) is 30.3 Å². The maximum atomic E-state index is 15.5. The lowest BCUT2D eigenvalue weighted by Crippen LogP contribution is -2.43. The van der Waals surface area contributed by atoms with E-state index >= 15 is 4.39 Å². The molecule has 1 fully saturated rings. The van der Waals surface area contributed by atoms with E-state index in [1.54, 1.807) is 12.1 Å². The van der Waals surface area contributed by atoms with Crippen LogP contribution in [0.15, 0.2) is 64.3 Å². The van der Waals surface area contributed by atoms with E-state index in [0.717, 1.165) is 45.0 Å². The summed E-state index contributed by atoms with van der Waals surface area (Å²) in [4.78, 5) is 51.2. The largest absolute Gasteiger partial charge is 0.496 e. The van der Waals surface area contributed by atoms with Crippen LogP contribution in [0.2, 0.25) is 0 Å². The molecule has 0 radical (unpaired) electrons. The highest BCUT2D eigenvalue weighted by atomic mass is 19.1. The SMILES string of the molecule is COc1cc(-c2cccc(-c3cccc(NC(=O)c4c[nH]c(=O)n(C)c4=O)c3C)c2C)cc(F)c1CNC1CCNC(=O)C1. The Morgan fingerprint density at radius 1 is 1.05 bits per heavy atom. The molecule has 1 saturated heterocycles. The lowest BCUT2D eigenvalue weighted by atomic mass is 9.90. The van der Waals surface area contributed by atoms with E-state index in [0.29, 0.717) is 35.5 Å². The van der Waals surface area contributed by atoms with E-state index in [9.17, 15) is 19.2 Å². The van der Waals surface area contributed by atoms with Crippen LogP contribution >= 0.6 is 0 Å².